The van der Waals surface area contributed by atoms with Gasteiger partial charge in [0.25, 0.3) is 0 Å². The number of aliphatic hydroxyl groups excluding tert-OH is 1. The van der Waals surface area contributed by atoms with Gasteiger partial charge in [0.05, 0.1) is 18.4 Å². The van der Waals surface area contributed by atoms with Gasteiger partial charge in [0.2, 0.25) is 0 Å². The van der Waals surface area contributed by atoms with Gasteiger partial charge >= 0.3 is 11.9 Å². The Labute approximate surface area is 118 Å². The zero-order chi connectivity index (χ0) is 14.7. The van der Waals surface area contributed by atoms with Crippen LogP contribution >= 0.6 is 0 Å². The maximum Gasteiger partial charge on any atom is 0.310 e. The van der Waals surface area contributed by atoms with Crippen molar-refractivity contribution in [2.45, 2.75) is 31.8 Å². The summed E-state index contributed by atoms with van der Waals surface area (Å²) in [6, 6.07) is 0. The molecule has 0 aromatic carbocycles. The molecule has 114 valence electrons. The quantitative estimate of drug-likeness (QED) is 0.697. The number of ether oxygens (including phenoxy) is 2. The van der Waals surface area contributed by atoms with Crippen LogP contribution in [0.3, 0.4) is 0 Å². The zero-order valence-corrected chi connectivity index (χ0v) is 11.7. The lowest BCUT2D eigenvalue weighted by molar-refractivity contribution is -0.172. The maximum absolute atomic E-state index is 12.2. The molecule has 0 aromatic rings. The van der Waals surface area contributed by atoms with Crippen LogP contribution in [-0.2, 0) is 19.1 Å². The lowest BCUT2D eigenvalue weighted by Gasteiger charge is -2.45. The van der Waals surface area contributed by atoms with E-state index in [1.807, 2.05) is 0 Å². The SMILES string of the molecule is COC(CO)COC(=O)C1C2CCC(CC2)C1C(=O)O. The summed E-state index contributed by atoms with van der Waals surface area (Å²) in [4.78, 5) is 23.7. The molecule has 0 radical (unpaired) electrons. The lowest BCUT2D eigenvalue weighted by Crippen LogP contribution is -2.48. The minimum atomic E-state index is -0.896. The molecule has 6 nitrogen and oxygen atoms in total. The Kier molecular flexibility index (Phi) is 4.99. The van der Waals surface area contributed by atoms with Gasteiger partial charge in [-0.1, -0.05) is 0 Å². The smallest absolute Gasteiger partial charge is 0.310 e. The van der Waals surface area contributed by atoms with Crippen molar-refractivity contribution in [1.82, 2.24) is 0 Å². The Morgan fingerprint density at radius 3 is 2.15 bits per heavy atom. The molecule has 20 heavy (non-hydrogen) atoms. The average Bonchev–Trinajstić information content (AvgIpc) is 2.48. The van der Waals surface area contributed by atoms with Gasteiger partial charge < -0.3 is 19.7 Å². The number of aliphatic carboxylic acids is 1. The average molecular weight is 286 g/mol. The standard InChI is InChI=1S/C14H22O6/c1-19-10(6-15)7-20-14(18)12-9-4-2-8(3-5-9)11(12)13(16)17/h8-12,15H,2-7H2,1H3,(H,16,17). The van der Waals surface area contributed by atoms with Gasteiger partial charge in [0, 0.05) is 7.11 Å². The molecular weight excluding hydrogens is 264 g/mol. The van der Waals surface area contributed by atoms with Crippen LogP contribution in [0.25, 0.3) is 0 Å². The Morgan fingerprint density at radius 2 is 1.70 bits per heavy atom. The fourth-order valence-electron chi connectivity index (χ4n) is 3.61. The van der Waals surface area contributed by atoms with Crippen molar-refractivity contribution in [2.24, 2.45) is 23.7 Å². The first-order valence-corrected chi connectivity index (χ1v) is 7.11. The molecule has 2 bridgehead atoms. The molecule has 0 aliphatic heterocycles. The second-order valence-electron chi connectivity index (χ2n) is 5.73. The Bertz CT molecular complexity index is 357. The van der Waals surface area contributed by atoms with Crippen molar-refractivity contribution >= 4 is 11.9 Å². The van der Waals surface area contributed by atoms with Crippen LogP contribution in [0.15, 0.2) is 0 Å². The summed E-state index contributed by atoms with van der Waals surface area (Å²) in [5.41, 5.74) is 0. The van der Waals surface area contributed by atoms with Gasteiger partial charge in [-0.05, 0) is 37.5 Å². The summed E-state index contributed by atoms with van der Waals surface area (Å²) in [5, 5.41) is 18.4. The highest BCUT2D eigenvalue weighted by Gasteiger charge is 2.51. The van der Waals surface area contributed by atoms with E-state index in [1.165, 1.54) is 7.11 Å². The Hall–Kier alpha value is -1.14. The molecule has 3 fully saturated rings. The predicted octanol–water partition coefficient (Wildman–Crippen LogP) is 0.674. The van der Waals surface area contributed by atoms with Crippen LogP contribution < -0.4 is 0 Å². The van der Waals surface area contributed by atoms with E-state index in [-0.39, 0.29) is 25.0 Å². The van der Waals surface area contributed by atoms with Crippen molar-refractivity contribution in [3.8, 4) is 0 Å². The highest BCUT2D eigenvalue weighted by molar-refractivity contribution is 5.82. The largest absolute Gasteiger partial charge is 0.481 e. The molecule has 0 spiro atoms. The minimum Gasteiger partial charge on any atom is -0.481 e. The van der Waals surface area contributed by atoms with Crippen molar-refractivity contribution in [3.05, 3.63) is 0 Å². The molecule has 0 aromatic heterocycles. The Morgan fingerprint density at radius 1 is 1.15 bits per heavy atom. The van der Waals surface area contributed by atoms with Crippen molar-refractivity contribution < 1.29 is 29.3 Å². The number of esters is 1. The molecule has 3 aliphatic rings. The number of hydrogen-bond donors (Lipinski definition) is 2. The predicted molar refractivity (Wildman–Crippen MR) is 68.9 cm³/mol. The van der Waals surface area contributed by atoms with Crippen LogP contribution in [0.1, 0.15) is 25.7 Å². The van der Waals surface area contributed by atoms with Gasteiger partial charge in [0.1, 0.15) is 12.7 Å². The number of carbonyl (C=O) groups excluding carboxylic acids is 1. The van der Waals surface area contributed by atoms with Crippen LogP contribution in [0.2, 0.25) is 0 Å². The third-order valence-electron chi connectivity index (χ3n) is 4.72. The van der Waals surface area contributed by atoms with E-state index >= 15 is 0 Å². The van der Waals surface area contributed by atoms with E-state index in [0.29, 0.717) is 0 Å². The van der Waals surface area contributed by atoms with E-state index in [2.05, 4.69) is 0 Å². The summed E-state index contributed by atoms with van der Waals surface area (Å²) < 4.78 is 10.1. The van der Waals surface area contributed by atoms with Gasteiger partial charge in [-0.2, -0.15) is 0 Å². The highest BCUT2D eigenvalue weighted by Crippen LogP contribution is 2.49. The van der Waals surface area contributed by atoms with Gasteiger partial charge in [-0.3, -0.25) is 9.59 Å². The lowest BCUT2D eigenvalue weighted by atomic mass is 9.58. The molecule has 0 amide bonds. The minimum absolute atomic E-state index is 0.0357. The van der Waals surface area contributed by atoms with Crippen LogP contribution in [0.4, 0.5) is 0 Å². The third kappa shape index (κ3) is 2.96. The molecule has 3 atom stereocenters. The van der Waals surface area contributed by atoms with Crippen molar-refractivity contribution in [2.75, 3.05) is 20.3 Å². The number of rotatable bonds is 6. The van der Waals surface area contributed by atoms with E-state index in [9.17, 15) is 14.7 Å². The molecule has 3 aliphatic carbocycles. The number of aliphatic hydroxyl groups is 1. The molecule has 3 rings (SSSR count). The van der Waals surface area contributed by atoms with Crippen LogP contribution in [0.5, 0.6) is 0 Å². The number of hydrogen-bond acceptors (Lipinski definition) is 5. The van der Waals surface area contributed by atoms with Gasteiger partial charge in [-0.15, -0.1) is 0 Å². The fourth-order valence-corrected chi connectivity index (χ4v) is 3.61. The zero-order valence-electron chi connectivity index (χ0n) is 11.7. The summed E-state index contributed by atoms with van der Waals surface area (Å²) in [5.74, 6) is -2.31. The van der Waals surface area contributed by atoms with Gasteiger partial charge in [0.15, 0.2) is 0 Å². The summed E-state index contributed by atoms with van der Waals surface area (Å²) in [6.45, 7) is -0.269. The summed E-state index contributed by atoms with van der Waals surface area (Å²) in [6.07, 6.45) is 3.04. The van der Waals surface area contributed by atoms with E-state index in [0.717, 1.165) is 25.7 Å². The number of fused-ring (bicyclic) bond motifs is 3. The fraction of sp³-hybridized carbons (Fsp3) is 0.857. The van der Waals surface area contributed by atoms with Crippen molar-refractivity contribution in [3.63, 3.8) is 0 Å². The number of methoxy groups -OCH3 is 1. The molecule has 0 heterocycles. The van der Waals surface area contributed by atoms with Crippen LogP contribution in [-0.4, -0.2) is 48.6 Å². The summed E-state index contributed by atoms with van der Waals surface area (Å²) in [7, 11) is 1.43. The second kappa shape index (κ2) is 6.54. The van der Waals surface area contributed by atoms with E-state index in [1.54, 1.807) is 0 Å². The first-order chi connectivity index (χ1) is 9.58. The highest BCUT2D eigenvalue weighted by atomic mass is 16.6. The second-order valence-corrected chi connectivity index (χ2v) is 5.73. The monoisotopic (exact) mass is 286 g/mol. The number of carboxylic acid groups (broad SMARTS) is 1. The van der Waals surface area contributed by atoms with Gasteiger partial charge in [-0.25, -0.2) is 0 Å². The van der Waals surface area contributed by atoms with E-state index in [4.69, 9.17) is 14.6 Å². The topological polar surface area (TPSA) is 93.1 Å². The number of carboxylic acids is 1. The molecule has 3 unspecified atom stereocenters. The van der Waals surface area contributed by atoms with Crippen LogP contribution in [0, 0.1) is 23.7 Å². The molecule has 3 saturated carbocycles. The molecule has 0 saturated heterocycles. The van der Waals surface area contributed by atoms with Crippen molar-refractivity contribution in [1.29, 1.82) is 0 Å². The molecular formula is C14H22O6. The molecule has 6 heteroatoms. The first kappa shape index (κ1) is 15.3. The normalized spacial score (nSPS) is 33.7. The Balaban J connectivity index is 2.01. The van der Waals surface area contributed by atoms with E-state index < -0.39 is 29.9 Å². The third-order valence-corrected chi connectivity index (χ3v) is 4.72. The molecule has 2 N–H and O–H groups in total. The number of carbonyl (C=O) groups is 2. The maximum atomic E-state index is 12.2. The summed E-state index contributed by atoms with van der Waals surface area (Å²) >= 11 is 0. The first-order valence-electron chi connectivity index (χ1n) is 7.11.